The Morgan fingerprint density at radius 3 is 2.32 bits per heavy atom. The van der Waals surface area contributed by atoms with Crippen LogP contribution in [0, 0.1) is 5.92 Å². The number of carbonyl (C=O) groups is 4. The SMILES string of the molecule is CCC1=C(C)CN(C(=O)NCCc2ccc(S(=O)(=O)NC(=O)NC3CCC(COC(=O)CN(C)C)CC3)cc2)C1=O. The Kier molecular flexibility index (Phi) is 11.3. The molecule has 3 N–H and O–H groups in total. The lowest BCUT2D eigenvalue weighted by Crippen LogP contribution is -2.45. The summed E-state index contributed by atoms with van der Waals surface area (Å²) in [5.74, 6) is -0.316. The van der Waals surface area contributed by atoms with Crippen LogP contribution in [-0.2, 0) is 30.8 Å². The third kappa shape index (κ3) is 9.28. The standard InChI is InChI=1S/C28H41N5O7S/c1-5-24-19(2)16-33(26(24)35)28(37)29-15-14-20-8-12-23(13-9-20)41(38,39)31-27(36)30-22-10-6-21(7-11-22)18-40-25(34)17-32(3)4/h8-9,12-13,21-22H,5-7,10-11,14-18H2,1-4H3,(H,29,37)(H2,30,31,36). The zero-order valence-corrected chi connectivity index (χ0v) is 25.0. The molecule has 0 aromatic heterocycles. The normalized spacial score (nSPS) is 19.3. The van der Waals surface area contributed by atoms with Gasteiger partial charge in [0.15, 0.2) is 0 Å². The summed E-state index contributed by atoms with van der Waals surface area (Å²) in [4.78, 5) is 51.7. The van der Waals surface area contributed by atoms with Crippen LogP contribution >= 0.6 is 0 Å². The summed E-state index contributed by atoms with van der Waals surface area (Å²) in [6.45, 7) is 4.86. The van der Waals surface area contributed by atoms with E-state index in [-0.39, 0.29) is 48.4 Å². The number of urea groups is 2. The fourth-order valence-electron chi connectivity index (χ4n) is 5.00. The van der Waals surface area contributed by atoms with Gasteiger partial charge in [0, 0.05) is 18.2 Å². The van der Waals surface area contributed by atoms with E-state index in [1.807, 2.05) is 13.8 Å². The number of carbonyl (C=O) groups excluding carboxylic acids is 4. The quantitative estimate of drug-likeness (QED) is 0.331. The largest absolute Gasteiger partial charge is 0.464 e. The van der Waals surface area contributed by atoms with Crippen LogP contribution < -0.4 is 15.4 Å². The Balaban J connectivity index is 1.39. The molecule has 0 atom stereocenters. The molecule has 1 aromatic carbocycles. The molecule has 5 amide bonds. The third-order valence-corrected chi connectivity index (χ3v) is 8.62. The lowest BCUT2D eigenvalue weighted by atomic mass is 9.86. The molecular formula is C28H41N5O7S. The molecule has 1 aromatic rings. The Bertz CT molecular complexity index is 1250. The van der Waals surface area contributed by atoms with Gasteiger partial charge in [-0.25, -0.2) is 22.7 Å². The molecule has 41 heavy (non-hydrogen) atoms. The Labute approximate surface area is 241 Å². The van der Waals surface area contributed by atoms with Gasteiger partial charge in [0.05, 0.1) is 24.6 Å². The van der Waals surface area contributed by atoms with Gasteiger partial charge in [0.25, 0.3) is 15.9 Å². The zero-order valence-electron chi connectivity index (χ0n) is 24.2. The number of hydrogen-bond acceptors (Lipinski definition) is 8. The number of sulfonamides is 1. The second-order valence-corrected chi connectivity index (χ2v) is 12.5. The molecule has 1 fully saturated rings. The summed E-state index contributed by atoms with van der Waals surface area (Å²) < 4.78 is 32.8. The molecule has 0 saturated heterocycles. The average Bonchev–Trinajstić information content (AvgIpc) is 3.20. The van der Waals surface area contributed by atoms with E-state index < -0.39 is 22.1 Å². The first-order chi connectivity index (χ1) is 19.4. The van der Waals surface area contributed by atoms with Gasteiger partial charge in [-0.2, -0.15) is 0 Å². The van der Waals surface area contributed by atoms with Crippen molar-refractivity contribution in [3.05, 3.63) is 41.0 Å². The van der Waals surface area contributed by atoms with Crippen LogP contribution in [0.4, 0.5) is 9.59 Å². The molecule has 226 valence electrons. The van der Waals surface area contributed by atoms with E-state index in [0.717, 1.165) is 24.0 Å². The van der Waals surface area contributed by atoms with Crippen molar-refractivity contribution >= 4 is 34.0 Å². The first-order valence-corrected chi connectivity index (χ1v) is 15.4. The number of nitrogens with one attached hydrogen (secondary N) is 3. The number of nitrogens with zero attached hydrogens (tertiary/aromatic N) is 2. The fourth-order valence-corrected chi connectivity index (χ4v) is 5.91. The van der Waals surface area contributed by atoms with Crippen molar-refractivity contribution in [1.82, 2.24) is 25.2 Å². The summed E-state index contributed by atoms with van der Waals surface area (Å²) in [5.41, 5.74) is 2.35. The first-order valence-electron chi connectivity index (χ1n) is 13.9. The fraction of sp³-hybridized carbons (Fsp3) is 0.571. The molecule has 0 radical (unpaired) electrons. The van der Waals surface area contributed by atoms with E-state index in [2.05, 4.69) is 15.4 Å². The van der Waals surface area contributed by atoms with E-state index in [9.17, 15) is 27.6 Å². The highest BCUT2D eigenvalue weighted by Gasteiger charge is 2.31. The average molecular weight is 592 g/mol. The Morgan fingerprint density at radius 2 is 1.73 bits per heavy atom. The minimum absolute atomic E-state index is 0.0556. The van der Waals surface area contributed by atoms with Crippen LogP contribution in [0.3, 0.4) is 0 Å². The lowest BCUT2D eigenvalue weighted by Gasteiger charge is -2.28. The number of rotatable bonds is 11. The number of esters is 1. The maximum Gasteiger partial charge on any atom is 0.328 e. The van der Waals surface area contributed by atoms with E-state index >= 15 is 0 Å². The molecule has 0 spiro atoms. The number of benzene rings is 1. The summed E-state index contributed by atoms with van der Waals surface area (Å²) in [5, 5.41) is 5.46. The minimum Gasteiger partial charge on any atom is -0.464 e. The van der Waals surface area contributed by atoms with Gasteiger partial charge in [0.1, 0.15) is 0 Å². The van der Waals surface area contributed by atoms with Gasteiger partial charge in [-0.1, -0.05) is 19.1 Å². The van der Waals surface area contributed by atoms with Crippen molar-refractivity contribution in [2.75, 3.05) is 40.3 Å². The van der Waals surface area contributed by atoms with Crippen LogP contribution in [0.2, 0.25) is 0 Å². The molecule has 1 heterocycles. The number of ether oxygens (including phenoxy) is 1. The van der Waals surface area contributed by atoms with E-state index in [1.165, 1.54) is 17.0 Å². The number of likely N-dealkylation sites (N-methyl/N-ethyl adjacent to an activating group) is 1. The summed E-state index contributed by atoms with van der Waals surface area (Å²) in [6, 6.07) is 4.64. The van der Waals surface area contributed by atoms with Crippen LogP contribution in [0.15, 0.2) is 40.3 Å². The third-order valence-electron chi connectivity index (χ3n) is 7.27. The van der Waals surface area contributed by atoms with Crippen LogP contribution in [0.25, 0.3) is 0 Å². The molecule has 2 aliphatic rings. The monoisotopic (exact) mass is 591 g/mol. The van der Waals surface area contributed by atoms with Crippen LogP contribution in [-0.4, -0.2) is 88.5 Å². The van der Waals surface area contributed by atoms with Crippen LogP contribution in [0.5, 0.6) is 0 Å². The molecule has 1 aliphatic heterocycles. The van der Waals surface area contributed by atoms with E-state index in [1.54, 1.807) is 31.1 Å². The second-order valence-electron chi connectivity index (χ2n) is 10.8. The molecule has 0 unspecified atom stereocenters. The highest BCUT2D eigenvalue weighted by molar-refractivity contribution is 7.90. The molecule has 0 bridgehead atoms. The molecule has 3 rings (SSSR count). The van der Waals surface area contributed by atoms with Crippen molar-refractivity contribution in [3.63, 3.8) is 0 Å². The van der Waals surface area contributed by atoms with Crippen molar-refractivity contribution < 1.29 is 32.3 Å². The second kappa shape index (κ2) is 14.4. The predicted octanol–water partition coefficient (Wildman–Crippen LogP) is 2.16. The maximum atomic E-state index is 12.7. The smallest absolute Gasteiger partial charge is 0.328 e. The van der Waals surface area contributed by atoms with Gasteiger partial charge < -0.3 is 15.4 Å². The summed E-state index contributed by atoms with van der Waals surface area (Å²) in [7, 11) is -0.481. The first kappa shape index (κ1) is 32.1. The van der Waals surface area contributed by atoms with Gasteiger partial charge in [-0.15, -0.1) is 0 Å². The van der Waals surface area contributed by atoms with E-state index in [4.69, 9.17) is 4.74 Å². The molecular weight excluding hydrogens is 550 g/mol. The van der Waals surface area contributed by atoms with Crippen molar-refractivity contribution in [2.24, 2.45) is 5.92 Å². The number of hydrogen-bond donors (Lipinski definition) is 3. The topological polar surface area (TPSA) is 154 Å². The van der Waals surface area contributed by atoms with E-state index in [0.29, 0.717) is 37.9 Å². The Hall–Kier alpha value is -3.45. The minimum atomic E-state index is -4.07. The highest BCUT2D eigenvalue weighted by atomic mass is 32.2. The number of amides is 5. The zero-order chi connectivity index (χ0) is 30.2. The molecule has 1 aliphatic carbocycles. The van der Waals surface area contributed by atoms with Gasteiger partial charge in [-0.3, -0.25) is 19.4 Å². The summed E-state index contributed by atoms with van der Waals surface area (Å²) in [6.07, 6.45) is 3.87. The Morgan fingerprint density at radius 1 is 1.07 bits per heavy atom. The highest BCUT2D eigenvalue weighted by Crippen LogP contribution is 2.25. The van der Waals surface area contributed by atoms with Gasteiger partial charge in [-0.05, 0) is 88.7 Å². The molecule has 1 saturated carbocycles. The van der Waals surface area contributed by atoms with Crippen molar-refractivity contribution in [2.45, 2.75) is 63.3 Å². The molecule has 13 heteroatoms. The van der Waals surface area contributed by atoms with Crippen LogP contribution in [0.1, 0.15) is 51.5 Å². The van der Waals surface area contributed by atoms with Gasteiger partial charge in [0.2, 0.25) is 0 Å². The summed E-state index contributed by atoms with van der Waals surface area (Å²) >= 11 is 0. The van der Waals surface area contributed by atoms with Crippen molar-refractivity contribution in [1.29, 1.82) is 0 Å². The predicted molar refractivity (Wildman–Crippen MR) is 152 cm³/mol. The van der Waals surface area contributed by atoms with Gasteiger partial charge >= 0.3 is 18.0 Å². The lowest BCUT2D eigenvalue weighted by molar-refractivity contribution is -0.146. The molecule has 12 nitrogen and oxygen atoms in total. The van der Waals surface area contributed by atoms with Crippen molar-refractivity contribution in [3.8, 4) is 0 Å². The number of imide groups is 1. The maximum absolute atomic E-state index is 12.7.